The van der Waals surface area contributed by atoms with Crippen molar-refractivity contribution in [1.29, 1.82) is 0 Å². The topological polar surface area (TPSA) is 78.4 Å². The van der Waals surface area contributed by atoms with Crippen LogP contribution in [0.15, 0.2) is 0 Å². The van der Waals surface area contributed by atoms with E-state index >= 15 is 0 Å². The van der Waals surface area contributed by atoms with Gasteiger partial charge in [-0.05, 0) is 32.2 Å². The normalized spacial score (nSPS) is 21.8. The van der Waals surface area contributed by atoms with Crippen LogP contribution in [-0.4, -0.2) is 36.1 Å². The fourth-order valence-electron chi connectivity index (χ4n) is 1.94. The number of amides is 1. The molecule has 0 aliphatic carbocycles. The Labute approximate surface area is 102 Å². The largest absolute Gasteiger partial charge is 0.481 e. The quantitative estimate of drug-likeness (QED) is 0.600. The third kappa shape index (κ3) is 5.17. The van der Waals surface area contributed by atoms with Crippen LogP contribution in [0.5, 0.6) is 0 Å². The Balaban J connectivity index is 2.09. The van der Waals surface area contributed by atoms with Crippen molar-refractivity contribution in [3.63, 3.8) is 0 Å². The third-order valence-corrected chi connectivity index (χ3v) is 3.16. The predicted molar refractivity (Wildman–Crippen MR) is 64.7 cm³/mol. The lowest BCUT2D eigenvalue weighted by atomic mass is 10.0. The molecule has 98 valence electrons. The first-order chi connectivity index (χ1) is 8.11. The summed E-state index contributed by atoms with van der Waals surface area (Å²) in [5.41, 5.74) is 0. The Morgan fingerprint density at radius 1 is 1.47 bits per heavy atom. The standard InChI is InChI=1S/C12H22N2O3/c1-9(12(16)17)5-4-8-14-11(15)10-6-2-3-7-13-10/h9-10,13H,2-8H2,1H3,(H,14,15)(H,16,17). The van der Waals surface area contributed by atoms with Crippen molar-refractivity contribution < 1.29 is 14.7 Å². The van der Waals surface area contributed by atoms with Gasteiger partial charge in [0.1, 0.15) is 0 Å². The maximum atomic E-state index is 11.7. The molecule has 1 rings (SSSR count). The Kier molecular flexibility index (Phi) is 5.97. The third-order valence-electron chi connectivity index (χ3n) is 3.16. The van der Waals surface area contributed by atoms with Crippen molar-refractivity contribution in [1.82, 2.24) is 10.6 Å². The van der Waals surface area contributed by atoms with Crippen molar-refractivity contribution in [3.8, 4) is 0 Å². The minimum atomic E-state index is -0.773. The zero-order chi connectivity index (χ0) is 12.7. The van der Waals surface area contributed by atoms with Gasteiger partial charge in [-0.2, -0.15) is 0 Å². The summed E-state index contributed by atoms with van der Waals surface area (Å²) < 4.78 is 0. The molecule has 0 aromatic rings. The number of hydrogen-bond acceptors (Lipinski definition) is 3. The first kappa shape index (κ1) is 14.0. The van der Waals surface area contributed by atoms with Crippen LogP contribution >= 0.6 is 0 Å². The molecule has 0 spiro atoms. The van der Waals surface area contributed by atoms with Gasteiger partial charge in [-0.25, -0.2) is 0 Å². The second-order valence-electron chi connectivity index (χ2n) is 4.68. The smallest absolute Gasteiger partial charge is 0.306 e. The molecule has 1 heterocycles. The Bertz CT molecular complexity index is 262. The molecule has 1 aliphatic rings. The second-order valence-corrected chi connectivity index (χ2v) is 4.68. The van der Waals surface area contributed by atoms with E-state index in [-0.39, 0.29) is 17.9 Å². The van der Waals surface area contributed by atoms with Gasteiger partial charge in [0, 0.05) is 6.54 Å². The van der Waals surface area contributed by atoms with Gasteiger partial charge in [-0.1, -0.05) is 13.3 Å². The van der Waals surface area contributed by atoms with Gasteiger partial charge in [0.05, 0.1) is 12.0 Å². The minimum absolute atomic E-state index is 0.0488. The first-order valence-electron chi connectivity index (χ1n) is 6.35. The number of piperidine rings is 1. The van der Waals surface area contributed by atoms with Crippen LogP contribution in [-0.2, 0) is 9.59 Å². The number of carbonyl (C=O) groups excluding carboxylic acids is 1. The fourth-order valence-corrected chi connectivity index (χ4v) is 1.94. The van der Waals surface area contributed by atoms with Crippen molar-refractivity contribution >= 4 is 11.9 Å². The average Bonchev–Trinajstić information content (AvgIpc) is 2.35. The first-order valence-corrected chi connectivity index (χ1v) is 6.35. The van der Waals surface area contributed by atoms with Crippen LogP contribution in [0.4, 0.5) is 0 Å². The molecule has 1 fully saturated rings. The van der Waals surface area contributed by atoms with E-state index in [1.807, 2.05) is 0 Å². The lowest BCUT2D eigenvalue weighted by Crippen LogP contribution is -2.46. The number of carboxylic acids is 1. The van der Waals surface area contributed by atoms with Gasteiger partial charge in [-0.3, -0.25) is 9.59 Å². The molecule has 1 saturated heterocycles. The summed E-state index contributed by atoms with van der Waals surface area (Å²) in [7, 11) is 0. The van der Waals surface area contributed by atoms with Crippen LogP contribution in [0.1, 0.15) is 39.0 Å². The molecule has 0 aromatic heterocycles. The molecule has 2 atom stereocenters. The summed E-state index contributed by atoms with van der Waals surface area (Å²) in [6, 6.07) is -0.0550. The lowest BCUT2D eigenvalue weighted by Gasteiger charge is -2.22. The Morgan fingerprint density at radius 2 is 2.24 bits per heavy atom. The van der Waals surface area contributed by atoms with Crippen molar-refractivity contribution in [2.24, 2.45) is 5.92 Å². The van der Waals surface area contributed by atoms with Gasteiger partial charge < -0.3 is 15.7 Å². The average molecular weight is 242 g/mol. The van der Waals surface area contributed by atoms with E-state index in [2.05, 4.69) is 10.6 Å². The molecule has 0 bridgehead atoms. The molecular formula is C12H22N2O3. The zero-order valence-corrected chi connectivity index (χ0v) is 10.4. The number of rotatable bonds is 6. The summed E-state index contributed by atoms with van der Waals surface area (Å²) in [4.78, 5) is 22.3. The monoisotopic (exact) mass is 242 g/mol. The molecule has 1 aliphatic heterocycles. The van der Waals surface area contributed by atoms with Gasteiger partial charge in [0.25, 0.3) is 0 Å². The molecule has 1 amide bonds. The minimum Gasteiger partial charge on any atom is -0.481 e. The Hall–Kier alpha value is -1.10. The van der Waals surface area contributed by atoms with Gasteiger partial charge >= 0.3 is 5.97 Å². The summed E-state index contributed by atoms with van der Waals surface area (Å²) in [6.07, 6.45) is 4.46. The van der Waals surface area contributed by atoms with Crippen LogP contribution in [0.2, 0.25) is 0 Å². The molecule has 2 unspecified atom stereocenters. The Morgan fingerprint density at radius 3 is 2.82 bits per heavy atom. The van der Waals surface area contributed by atoms with E-state index in [0.717, 1.165) is 25.8 Å². The molecule has 3 N–H and O–H groups in total. The van der Waals surface area contributed by atoms with Gasteiger partial charge in [-0.15, -0.1) is 0 Å². The van der Waals surface area contributed by atoms with Crippen molar-refractivity contribution in [2.45, 2.75) is 45.1 Å². The van der Waals surface area contributed by atoms with Crippen LogP contribution in [0, 0.1) is 5.92 Å². The molecule has 5 heteroatoms. The van der Waals surface area contributed by atoms with E-state index < -0.39 is 5.97 Å². The highest BCUT2D eigenvalue weighted by atomic mass is 16.4. The number of carbonyl (C=O) groups is 2. The van der Waals surface area contributed by atoms with E-state index in [0.29, 0.717) is 19.4 Å². The summed E-state index contributed by atoms with van der Waals surface area (Å²) in [6.45, 7) is 3.16. The second kappa shape index (κ2) is 7.27. The van der Waals surface area contributed by atoms with Gasteiger partial charge in [0.2, 0.25) is 5.91 Å². The van der Waals surface area contributed by atoms with Crippen LogP contribution in [0.3, 0.4) is 0 Å². The molecule has 0 aromatic carbocycles. The van der Waals surface area contributed by atoms with E-state index in [4.69, 9.17) is 5.11 Å². The van der Waals surface area contributed by atoms with E-state index in [9.17, 15) is 9.59 Å². The van der Waals surface area contributed by atoms with Crippen molar-refractivity contribution in [3.05, 3.63) is 0 Å². The molecule has 0 saturated carbocycles. The van der Waals surface area contributed by atoms with Crippen molar-refractivity contribution in [2.75, 3.05) is 13.1 Å². The summed E-state index contributed by atoms with van der Waals surface area (Å²) in [5.74, 6) is -1.06. The lowest BCUT2D eigenvalue weighted by molar-refractivity contribution is -0.141. The van der Waals surface area contributed by atoms with Crippen LogP contribution in [0.25, 0.3) is 0 Å². The molecular weight excluding hydrogens is 220 g/mol. The number of nitrogens with one attached hydrogen (secondary N) is 2. The van der Waals surface area contributed by atoms with E-state index in [1.54, 1.807) is 6.92 Å². The van der Waals surface area contributed by atoms with Crippen LogP contribution < -0.4 is 10.6 Å². The van der Waals surface area contributed by atoms with E-state index in [1.165, 1.54) is 0 Å². The molecule has 17 heavy (non-hydrogen) atoms. The highest BCUT2D eigenvalue weighted by Gasteiger charge is 2.19. The highest BCUT2D eigenvalue weighted by molar-refractivity contribution is 5.81. The number of carboxylic acid groups (broad SMARTS) is 1. The number of hydrogen-bond donors (Lipinski definition) is 3. The zero-order valence-electron chi connectivity index (χ0n) is 10.4. The maximum Gasteiger partial charge on any atom is 0.306 e. The maximum absolute atomic E-state index is 11.7. The number of aliphatic carboxylic acids is 1. The highest BCUT2D eigenvalue weighted by Crippen LogP contribution is 2.07. The van der Waals surface area contributed by atoms with Gasteiger partial charge in [0.15, 0.2) is 0 Å². The SMILES string of the molecule is CC(CCCNC(=O)C1CCCCN1)C(=O)O. The summed E-state index contributed by atoms with van der Waals surface area (Å²) >= 11 is 0. The molecule has 5 nitrogen and oxygen atoms in total. The molecule has 0 radical (unpaired) electrons. The summed E-state index contributed by atoms with van der Waals surface area (Å²) in [5, 5.41) is 14.7. The predicted octanol–water partition coefficient (Wildman–Crippen LogP) is 0.746. The fraction of sp³-hybridized carbons (Fsp3) is 0.833.